The third-order valence-electron chi connectivity index (χ3n) is 1.89. The van der Waals surface area contributed by atoms with Gasteiger partial charge in [-0.3, -0.25) is 0 Å². The van der Waals surface area contributed by atoms with Crippen LogP contribution in [0.25, 0.3) is 0 Å². The van der Waals surface area contributed by atoms with E-state index >= 15 is 0 Å². The van der Waals surface area contributed by atoms with Crippen molar-refractivity contribution in [1.82, 2.24) is 0 Å². The van der Waals surface area contributed by atoms with Gasteiger partial charge in [0.2, 0.25) is 0 Å². The second kappa shape index (κ2) is 3.45. The van der Waals surface area contributed by atoms with Crippen LogP contribution in [0.4, 0.5) is 5.69 Å². The third-order valence-corrected chi connectivity index (χ3v) is 1.89. The van der Waals surface area contributed by atoms with Crippen LogP contribution in [-0.2, 0) is 0 Å². The van der Waals surface area contributed by atoms with Crippen LogP contribution in [0.2, 0.25) is 0 Å². The van der Waals surface area contributed by atoms with E-state index in [-0.39, 0.29) is 11.8 Å². The van der Waals surface area contributed by atoms with E-state index in [0.29, 0.717) is 5.69 Å². The minimum Gasteiger partial charge on any atom is -0.508 e. The van der Waals surface area contributed by atoms with Crippen LogP contribution in [0, 0.1) is 0 Å². The monoisotopic (exact) mass is 166 g/mol. The fraction of sp³-hybridized carbons (Fsp3) is 0.333. The van der Waals surface area contributed by atoms with Crippen LogP contribution < -0.4 is 11.5 Å². The smallest absolute Gasteiger partial charge is 0.122 e. The van der Waals surface area contributed by atoms with Crippen molar-refractivity contribution >= 4 is 5.69 Å². The molecule has 66 valence electrons. The van der Waals surface area contributed by atoms with E-state index in [0.717, 1.165) is 12.0 Å². The molecule has 1 aromatic rings. The van der Waals surface area contributed by atoms with E-state index in [4.69, 9.17) is 11.5 Å². The van der Waals surface area contributed by atoms with Gasteiger partial charge in [-0.2, -0.15) is 0 Å². The maximum Gasteiger partial charge on any atom is 0.122 e. The number of aromatic hydroxyl groups is 1. The Bertz CT molecular complexity index is 273. The quantitative estimate of drug-likeness (QED) is 0.581. The molecule has 0 aliphatic carbocycles. The van der Waals surface area contributed by atoms with E-state index < -0.39 is 0 Å². The molecule has 0 heterocycles. The van der Waals surface area contributed by atoms with E-state index in [1.165, 1.54) is 6.07 Å². The first kappa shape index (κ1) is 8.87. The first-order valence-electron chi connectivity index (χ1n) is 3.99. The van der Waals surface area contributed by atoms with Crippen molar-refractivity contribution in [2.24, 2.45) is 5.73 Å². The molecule has 0 radical (unpaired) electrons. The Balaban J connectivity index is 3.01. The van der Waals surface area contributed by atoms with Gasteiger partial charge in [-0.05, 0) is 12.5 Å². The molecule has 0 spiro atoms. The molecule has 0 aliphatic rings. The van der Waals surface area contributed by atoms with Crippen molar-refractivity contribution in [3.8, 4) is 5.75 Å². The van der Waals surface area contributed by atoms with Gasteiger partial charge >= 0.3 is 0 Å². The average molecular weight is 166 g/mol. The minimum atomic E-state index is -0.106. The van der Waals surface area contributed by atoms with Gasteiger partial charge in [0.1, 0.15) is 5.75 Å². The van der Waals surface area contributed by atoms with E-state index in [9.17, 15) is 5.11 Å². The average Bonchev–Trinajstić information content (AvgIpc) is 2.03. The van der Waals surface area contributed by atoms with Crippen molar-refractivity contribution in [3.05, 3.63) is 23.8 Å². The number of hydrogen-bond donors (Lipinski definition) is 3. The normalized spacial score (nSPS) is 12.8. The molecule has 1 atom stereocenters. The summed E-state index contributed by atoms with van der Waals surface area (Å²) in [6.07, 6.45) is 0.803. The lowest BCUT2D eigenvalue weighted by molar-refractivity contribution is 0.460. The Labute approximate surface area is 72.0 Å². The number of rotatable bonds is 2. The highest BCUT2D eigenvalue weighted by Gasteiger charge is 2.07. The highest BCUT2D eigenvalue weighted by Crippen LogP contribution is 2.26. The fourth-order valence-corrected chi connectivity index (χ4v) is 1.09. The van der Waals surface area contributed by atoms with Crippen LogP contribution >= 0.6 is 0 Å². The largest absolute Gasteiger partial charge is 0.508 e. The molecule has 5 N–H and O–H groups in total. The molecule has 0 saturated carbocycles. The highest BCUT2D eigenvalue weighted by molar-refractivity contribution is 5.48. The lowest BCUT2D eigenvalue weighted by atomic mass is 10.0. The standard InChI is InChI=1S/C9H14N2O/c1-2-8(11)7-4-3-6(10)5-9(7)12/h3-5,8,12H,2,10-11H2,1H3/t8-/m1/s1. The Morgan fingerprint density at radius 1 is 1.50 bits per heavy atom. The molecule has 1 aromatic carbocycles. The molecule has 0 aliphatic heterocycles. The van der Waals surface area contributed by atoms with E-state index in [2.05, 4.69) is 0 Å². The molecule has 0 saturated heterocycles. The summed E-state index contributed by atoms with van der Waals surface area (Å²) in [5, 5.41) is 9.43. The molecule has 0 amide bonds. The van der Waals surface area contributed by atoms with Crippen LogP contribution in [0.3, 0.4) is 0 Å². The van der Waals surface area contributed by atoms with Crippen molar-refractivity contribution in [2.75, 3.05) is 5.73 Å². The zero-order valence-corrected chi connectivity index (χ0v) is 7.12. The maximum absolute atomic E-state index is 9.43. The SMILES string of the molecule is CC[C@@H](N)c1ccc(N)cc1O. The number of anilines is 1. The van der Waals surface area contributed by atoms with E-state index in [1.807, 2.05) is 6.92 Å². The van der Waals surface area contributed by atoms with Gasteiger partial charge in [-0.1, -0.05) is 13.0 Å². The zero-order chi connectivity index (χ0) is 9.14. The number of phenols is 1. The van der Waals surface area contributed by atoms with Crippen LogP contribution in [0.1, 0.15) is 24.9 Å². The summed E-state index contributed by atoms with van der Waals surface area (Å²) in [5.74, 6) is 0.185. The summed E-state index contributed by atoms with van der Waals surface area (Å²) in [4.78, 5) is 0. The topological polar surface area (TPSA) is 72.3 Å². The third kappa shape index (κ3) is 1.68. The van der Waals surface area contributed by atoms with Gasteiger partial charge in [0.05, 0.1) is 0 Å². The Kier molecular flexibility index (Phi) is 2.55. The first-order valence-corrected chi connectivity index (χ1v) is 3.99. The molecule has 0 fully saturated rings. The van der Waals surface area contributed by atoms with E-state index in [1.54, 1.807) is 12.1 Å². The van der Waals surface area contributed by atoms with Crippen LogP contribution in [0.15, 0.2) is 18.2 Å². The van der Waals surface area contributed by atoms with Gasteiger partial charge in [0, 0.05) is 23.4 Å². The molecule has 12 heavy (non-hydrogen) atoms. The molecule has 0 unspecified atom stereocenters. The summed E-state index contributed by atoms with van der Waals surface area (Å²) in [6, 6.07) is 4.92. The fourth-order valence-electron chi connectivity index (χ4n) is 1.09. The Hall–Kier alpha value is -1.22. The second-order valence-corrected chi connectivity index (χ2v) is 2.83. The number of hydrogen-bond acceptors (Lipinski definition) is 3. The summed E-state index contributed by atoms with van der Waals surface area (Å²) in [5.41, 5.74) is 12.5. The molecular weight excluding hydrogens is 152 g/mol. The van der Waals surface area contributed by atoms with Crippen LogP contribution in [0.5, 0.6) is 5.75 Å². The molecule has 3 nitrogen and oxygen atoms in total. The summed E-state index contributed by atoms with van der Waals surface area (Å²) < 4.78 is 0. The molecule has 0 aromatic heterocycles. The van der Waals surface area contributed by atoms with Gasteiger partial charge in [0.15, 0.2) is 0 Å². The van der Waals surface area contributed by atoms with Crippen molar-refractivity contribution < 1.29 is 5.11 Å². The van der Waals surface area contributed by atoms with Crippen molar-refractivity contribution in [1.29, 1.82) is 0 Å². The molecule has 3 heteroatoms. The van der Waals surface area contributed by atoms with Gasteiger partial charge in [0.25, 0.3) is 0 Å². The lowest BCUT2D eigenvalue weighted by Crippen LogP contribution is -2.08. The highest BCUT2D eigenvalue weighted by atomic mass is 16.3. The number of phenolic OH excluding ortho intramolecular Hbond substituents is 1. The van der Waals surface area contributed by atoms with Crippen molar-refractivity contribution in [3.63, 3.8) is 0 Å². The summed E-state index contributed by atoms with van der Waals surface area (Å²) >= 11 is 0. The molecular formula is C9H14N2O. The Morgan fingerprint density at radius 3 is 2.67 bits per heavy atom. The predicted octanol–water partition coefficient (Wildman–Crippen LogP) is 1.38. The number of nitrogen functional groups attached to an aromatic ring is 1. The summed E-state index contributed by atoms with van der Waals surface area (Å²) in [6.45, 7) is 1.97. The predicted molar refractivity (Wildman–Crippen MR) is 49.7 cm³/mol. The number of benzene rings is 1. The van der Waals surface area contributed by atoms with Crippen molar-refractivity contribution in [2.45, 2.75) is 19.4 Å². The Morgan fingerprint density at radius 2 is 2.17 bits per heavy atom. The second-order valence-electron chi connectivity index (χ2n) is 2.83. The van der Waals surface area contributed by atoms with Gasteiger partial charge in [-0.15, -0.1) is 0 Å². The van der Waals surface area contributed by atoms with Gasteiger partial charge in [-0.25, -0.2) is 0 Å². The van der Waals surface area contributed by atoms with Gasteiger partial charge < -0.3 is 16.6 Å². The first-order chi connectivity index (χ1) is 5.65. The van der Waals surface area contributed by atoms with Crippen LogP contribution in [-0.4, -0.2) is 5.11 Å². The zero-order valence-electron chi connectivity index (χ0n) is 7.12. The number of nitrogens with two attached hydrogens (primary N) is 2. The lowest BCUT2D eigenvalue weighted by Gasteiger charge is -2.11. The summed E-state index contributed by atoms with van der Waals surface area (Å²) in [7, 11) is 0. The minimum absolute atomic E-state index is 0.106. The maximum atomic E-state index is 9.43. The molecule has 1 rings (SSSR count). The molecule has 0 bridgehead atoms.